The fourth-order valence-corrected chi connectivity index (χ4v) is 3.05. The van der Waals surface area contributed by atoms with Crippen molar-refractivity contribution < 1.29 is 9.53 Å². The van der Waals surface area contributed by atoms with Crippen molar-refractivity contribution in [2.75, 3.05) is 7.11 Å². The molecule has 0 saturated carbocycles. The normalized spacial score (nSPS) is 19.9. The highest BCUT2D eigenvalue weighted by atomic mass is 32.2. The van der Waals surface area contributed by atoms with Crippen LogP contribution < -0.4 is 4.74 Å². The number of carbonyl (C=O) groups is 1. The predicted octanol–water partition coefficient (Wildman–Crippen LogP) is 2.90. The van der Waals surface area contributed by atoms with E-state index in [0.29, 0.717) is 0 Å². The summed E-state index contributed by atoms with van der Waals surface area (Å²) < 4.78 is 5.26. The highest BCUT2D eigenvalue weighted by Crippen LogP contribution is 2.36. The number of benzene rings is 1. The number of thioether (sulfide) groups is 1. The van der Waals surface area contributed by atoms with Crippen LogP contribution in [0.1, 0.15) is 29.3 Å². The molecular weight excluding hydrogens is 208 g/mol. The molecule has 0 radical (unpaired) electrons. The molecule has 3 heteroatoms. The molecule has 1 unspecified atom stereocenters. The van der Waals surface area contributed by atoms with Gasteiger partial charge in [0.2, 0.25) is 0 Å². The zero-order valence-electron chi connectivity index (χ0n) is 8.95. The van der Waals surface area contributed by atoms with Crippen molar-refractivity contribution in [2.45, 2.75) is 24.3 Å². The van der Waals surface area contributed by atoms with Gasteiger partial charge in [-0.1, -0.05) is 19.1 Å². The number of hydrogen-bond donors (Lipinski definition) is 0. The highest BCUT2D eigenvalue weighted by molar-refractivity contribution is 8.00. The molecule has 0 fully saturated rings. The first-order valence-electron chi connectivity index (χ1n) is 5.09. The molecule has 0 aliphatic carbocycles. The number of methoxy groups -OCH3 is 1. The van der Waals surface area contributed by atoms with Crippen LogP contribution in [0.4, 0.5) is 0 Å². The van der Waals surface area contributed by atoms with Gasteiger partial charge in [-0.3, -0.25) is 4.79 Å². The van der Waals surface area contributed by atoms with E-state index in [-0.39, 0.29) is 11.0 Å². The molecular formula is C12H14O2S. The predicted molar refractivity (Wildman–Crippen MR) is 62.7 cm³/mol. The molecule has 0 N–H and O–H groups in total. The molecule has 1 atom stereocenters. The van der Waals surface area contributed by atoms with Crippen molar-refractivity contribution in [3.8, 4) is 5.75 Å². The minimum atomic E-state index is 0.129. The van der Waals surface area contributed by atoms with Gasteiger partial charge >= 0.3 is 0 Å². The van der Waals surface area contributed by atoms with Crippen molar-refractivity contribution in [1.82, 2.24) is 0 Å². The Balaban J connectivity index is 2.45. The Hall–Kier alpha value is -0.960. The molecule has 2 rings (SSSR count). The van der Waals surface area contributed by atoms with Gasteiger partial charge in [-0.05, 0) is 12.5 Å². The molecule has 1 aliphatic heterocycles. The monoisotopic (exact) mass is 222 g/mol. The van der Waals surface area contributed by atoms with E-state index in [0.717, 1.165) is 29.1 Å². The van der Waals surface area contributed by atoms with E-state index in [9.17, 15) is 4.79 Å². The van der Waals surface area contributed by atoms with Crippen molar-refractivity contribution in [1.29, 1.82) is 0 Å². The van der Waals surface area contributed by atoms with Gasteiger partial charge in [0.15, 0.2) is 5.78 Å². The van der Waals surface area contributed by atoms with Crippen LogP contribution >= 0.6 is 11.8 Å². The van der Waals surface area contributed by atoms with E-state index in [1.165, 1.54) is 0 Å². The number of ether oxygens (including phenoxy) is 1. The Labute approximate surface area is 94.0 Å². The Morgan fingerprint density at radius 1 is 1.53 bits per heavy atom. The van der Waals surface area contributed by atoms with Crippen molar-refractivity contribution in [2.24, 2.45) is 0 Å². The maximum Gasteiger partial charge on any atom is 0.176 e. The average Bonchev–Trinajstić information content (AvgIpc) is 2.29. The molecule has 1 aromatic rings. The smallest absolute Gasteiger partial charge is 0.176 e. The topological polar surface area (TPSA) is 26.3 Å². The molecule has 0 spiro atoms. The third kappa shape index (κ3) is 1.76. The second-order valence-electron chi connectivity index (χ2n) is 3.56. The Bertz CT molecular complexity index is 387. The van der Waals surface area contributed by atoms with E-state index in [1.807, 2.05) is 18.2 Å². The number of ketones is 1. The van der Waals surface area contributed by atoms with Crippen LogP contribution in [0, 0.1) is 0 Å². The fourth-order valence-electron chi connectivity index (χ4n) is 1.87. The largest absolute Gasteiger partial charge is 0.496 e. The molecule has 0 bridgehead atoms. The lowest BCUT2D eigenvalue weighted by Crippen LogP contribution is -2.22. The van der Waals surface area contributed by atoms with Crippen LogP contribution in [0.15, 0.2) is 18.2 Å². The van der Waals surface area contributed by atoms with E-state index in [4.69, 9.17) is 4.74 Å². The molecule has 0 amide bonds. The number of hydrogen-bond acceptors (Lipinski definition) is 3. The standard InChI is InChI=1S/C12H14O2S/c1-3-11-12(13)8-5-4-6-10(14-2)9(8)7-15-11/h4-6,11H,3,7H2,1-2H3. The summed E-state index contributed by atoms with van der Waals surface area (Å²) in [6.45, 7) is 2.06. The highest BCUT2D eigenvalue weighted by Gasteiger charge is 2.28. The molecule has 0 saturated heterocycles. The summed E-state index contributed by atoms with van der Waals surface area (Å²) in [5.41, 5.74) is 1.90. The molecule has 0 aromatic heterocycles. The molecule has 15 heavy (non-hydrogen) atoms. The Morgan fingerprint density at radius 3 is 3.00 bits per heavy atom. The number of Topliss-reactive ketones (excluding diaryl/α,β-unsaturated/α-hetero) is 1. The third-order valence-corrected chi connectivity index (χ3v) is 4.12. The summed E-state index contributed by atoms with van der Waals surface area (Å²) in [7, 11) is 1.65. The number of carbonyl (C=O) groups excluding carboxylic acids is 1. The lowest BCUT2D eigenvalue weighted by Gasteiger charge is -2.23. The third-order valence-electron chi connectivity index (χ3n) is 2.71. The molecule has 1 heterocycles. The van der Waals surface area contributed by atoms with Crippen molar-refractivity contribution in [3.63, 3.8) is 0 Å². The van der Waals surface area contributed by atoms with Gasteiger partial charge in [-0.2, -0.15) is 0 Å². The quantitative estimate of drug-likeness (QED) is 0.769. The number of fused-ring (bicyclic) bond motifs is 1. The minimum absolute atomic E-state index is 0.129. The Morgan fingerprint density at radius 2 is 2.33 bits per heavy atom. The maximum atomic E-state index is 12.0. The van der Waals surface area contributed by atoms with Crippen LogP contribution in [0.25, 0.3) is 0 Å². The van der Waals surface area contributed by atoms with Gasteiger partial charge in [-0.25, -0.2) is 0 Å². The van der Waals surface area contributed by atoms with Crippen LogP contribution in [-0.2, 0) is 5.75 Å². The van der Waals surface area contributed by atoms with Crippen LogP contribution in [0.5, 0.6) is 5.75 Å². The van der Waals surface area contributed by atoms with Gasteiger partial charge in [0.1, 0.15) is 5.75 Å². The minimum Gasteiger partial charge on any atom is -0.496 e. The summed E-state index contributed by atoms with van der Waals surface area (Å²) in [5.74, 6) is 1.97. The van der Waals surface area contributed by atoms with Gasteiger partial charge < -0.3 is 4.74 Å². The SMILES string of the molecule is CCC1SCc2c(OC)cccc2C1=O. The first-order valence-corrected chi connectivity index (χ1v) is 6.14. The van der Waals surface area contributed by atoms with Gasteiger partial charge in [0.05, 0.1) is 12.4 Å². The lowest BCUT2D eigenvalue weighted by molar-refractivity contribution is 0.0985. The Kier molecular flexibility index (Phi) is 3.00. The summed E-state index contributed by atoms with van der Waals surface area (Å²) in [6, 6.07) is 5.71. The lowest BCUT2D eigenvalue weighted by atomic mass is 10.00. The second kappa shape index (κ2) is 4.27. The van der Waals surface area contributed by atoms with Gasteiger partial charge in [0, 0.05) is 16.9 Å². The zero-order chi connectivity index (χ0) is 10.8. The van der Waals surface area contributed by atoms with E-state index in [2.05, 4.69) is 6.92 Å². The fraction of sp³-hybridized carbons (Fsp3) is 0.417. The van der Waals surface area contributed by atoms with E-state index < -0.39 is 0 Å². The van der Waals surface area contributed by atoms with Crippen molar-refractivity contribution >= 4 is 17.5 Å². The maximum absolute atomic E-state index is 12.0. The summed E-state index contributed by atoms with van der Waals surface area (Å²) in [6.07, 6.45) is 0.903. The van der Waals surface area contributed by atoms with Crippen molar-refractivity contribution in [3.05, 3.63) is 29.3 Å². The summed E-state index contributed by atoms with van der Waals surface area (Å²) in [4.78, 5) is 12.0. The summed E-state index contributed by atoms with van der Waals surface area (Å²) >= 11 is 1.71. The first kappa shape index (κ1) is 10.6. The van der Waals surface area contributed by atoms with Gasteiger partial charge in [-0.15, -0.1) is 11.8 Å². The number of rotatable bonds is 2. The molecule has 1 aliphatic rings. The summed E-state index contributed by atoms with van der Waals surface area (Å²) in [5, 5.41) is 0.129. The zero-order valence-corrected chi connectivity index (χ0v) is 9.76. The molecule has 1 aromatic carbocycles. The second-order valence-corrected chi connectivity index (χ2v) is 4.75. The first-order chi connectivity index (χ1) is 7.27. The van der Waals surface area contributed by atoms with Crippen LogP contribution in [0.3, 0.4) is 0 Å². The van der Waals surface area contributed by atoms with E-state index in [1.54, 1.807) is 18.9 Å². The average molecular weight is 222 g/mol. The van der Waals surface area contributed by atoms with Crippen LogP contribution in [0.2, 0.25) is 0 Å². The van der Waals surface area contributed by atoms with Gasteiger partial charge in [0.25, 0.3) is 0 Å². The van der Waals surface area contributed by atoms with E-state index >= 15 is 0 Å². The molecule has 2 nitrogen and oxygen atoms in total. The van der Waals surface area contributed by atoms with Crippen LogP contribution in [-0.4, -0.2) is 18.1 Å². The molecule has 80 valence electrons.